The zero-order valence-electron chi connectivity index (χ0n) is 11.2. The molecule has 0 atom stereocenters. The molecule has 3 nitrogen and oxygen atoms in total. The molecule has 1 aromatic heterocycles. The zero-order chi connectivity index (χ0) is 13.5. The van der Waals surface area contributed by atoms with Crippen LogP contribution in [0.4, 0.5) is 5.82 Å². The predicted octanol–water partition coefficient (Wildman–Crippen LogP) is 3.68. The number of benzene rings is 1. The molecule has 0 bridgehead atoms. The van der Waals surface area contributed by atoms with E-state index in [1.54, 1.807) is 0 Å². The van der Waals surface area contributed by atoms with Gasteiger partial charge in [0.05, 0.1) is 0 Å². The highest BCUT2D eigenvalue weighted by Gasteiger charge is 2.27. The Hall–Kier alpha value is -1.42. The average molecular weight is 330 g/mol. The number of aromatic nitrogens is 2. The van der Waals surface area contributed by atoms with Gasteiger partial charge < -0.3 is 4.90 Å². The third-order valence-corrected chi connectivity index (χ3v) is 4.88. The fraction of sp³-hybridized carbons (Fsp3) is 0.375. The van der Waals surface area contributed by atoms with Crippen LogP contribution in [0, 0.1) is 0 Å². The summed E-state index contributed by atoms with van der Waals surface area (Å²) in [5.41, 5.74) is 2.84. The standard InChI is InChI=1S/C16H16BrN3/c17-14-3-1-2-11-7-9-20(10-13(11)14)15-6-8-18-16(19-15)12-4-5-12/h1-3,6,8,12H,4-5,7,9-10H2. The van der Waals surface area contributed by atoms with Gasteiger partial charge in [-0.15, -0.1) is 0 Å². The number of halogens is 1. The van der Waals surface area contributed by atoms with Crippen LogP contribution < -0.4 is 4.90 Å². The second-order valence-electron chi connectivity index (χ2n) is 5.60. The fourth-order valence-electron chi connectivity index (χ4n) is 2.81. The first kappa shape index (κ1) is 12.3. The maximum Gasteiger partial charge on any atom is 0.133 e. The molecule has 4 heteroatoms. The van der Waals surface area contributed by atoms with E-state index < -0.39 is 0 Å². The van der Waals surface area contributed by atoms with E-state index in [4.69, 9.17) is 4.98 Å². The molecule has 1 aromatic carbocycles. The number of nitrogens with zero attached hydrogens (tertiary/aromatic N) is 3. The summed E-state index contributed by atoms with van der Waals surface area (Å²) >= 11 is 3.67. The van der Waals surface area contributed by atoms with Gasteiger partial charge >= 0.3 is 0 Å². The molecule has 1 aliphatic heterocycles. The van der Waals surface area contributed by atoms with Gasteiger partial charge in [0.25, 0.3) is 0 Å². The van der Waals surface area contributed by atoms with Gasteiger partial charge in [-0.2, -0.15) is 0 Å². The summed E-state index contributed by atoms with van der Waals surface area (Å²) in [6.45, 7) is 1.96. The van der Waals surface area contributed by atoms with Crippen LogP contribution in [-0.4, -0.2) is 16.5 Å². The molecule has 4 rings (SSSR count). The summed E-state index contributed by atoms with van der Waals surface area (Å²) in [6, 6.07) is 8.51. The average Bonchev–Trinajstić information content (AvgIpc) is 3.32. The van der Waals surface area contributed by atoms with E-state index in [1.165, 1.54) is 28.4 Å². The quantitative estimate of drug-likeness (QED) is 0.841. The smallest absolute Gasteiger partial charge is 0.133 e. The van der Waals surface area contributed by atoms with Gasteiger partial charge in [0.1, 0.15) is 11.6 Å². The maximum atomic E-state index is 4.76. The largest absolute Gasteiger partial charge is 0.352 e. The number of fused-ring (bicyclic) bond motifs is 1. The Bertz CT molecular complexity index is 652. The summed E-state index contributed by atoms with van der Waals surface area (Å²) in [5, 5.41) is 0. The Kier molecular flexibility index (Phi) is 2.99. The summed E-state index contributed by atoms with van der Waals surface area (Å²) in [5.74, 6) is 2.71. The minimum Gasteiger partial charge on any atom is -0.352 e. The molecule has 0 saturated heterocycles. The van der Waals surface area contributed by atoms with E-state index in [2.05, 4.69) is 44.0 Å². The van der Waals surface area contributed by atoms with E-state index in [9.17, 15) is 0 Å². The van der Waals surface area contributed by atoms with E-state index in [-0.39, 0.29) is 0 Å². The van der Waals surface area contributed by atoms with Crippen LogP contribution in [0.2, 0.25) is 0 Å². The molecule has 1 fully saturated rings. The molecule has 0 radical (unpaired) electrons. The minimum atomic E-state index is 0.610. The Labute approximate surface area is 127 Å². The van der Waals surface area contributed by atoms with Gasteiger partial charge in [-0.1, -0.05) is 28.1 Å². The van der Waals surface area contributed by atoms with Gasteiger partial charge in [-0.05, 0) is 42.5 Å². The van der Waals surface area contributed by atoms with E-state index in [0.717, 1.165) is 31.2 Å². The Morgan fingerprint density at radius 3 is 2.95 bits per heavy atom. The topological polar surface area (TPSA) is 29.0 Å². The van der Waals surface area contributed by atoms with Crippen molar-refractivity contribution in [3.63, 3.8) is 0 Å². The molecule has 2 aromatic rings. The first-order chi connectivity index (χ1) is 9.81. The zero-order valence-corrected chi connectivity index (χ0v) is 12.8. The molecular formula is C16H16BrN3. The Balaban J connectivity index is 1.64. The van der Waals surface area contributed by atoms with E-state index in [0.29, 0.717) is 5.92 Å². The minimum absolute atomic E-state index is 0.610. The molecule has 0 unspecified atom stereocenters. The van der Waals surface area contributed by atoms with Gasteiger partial charge in [-0.3, -0.25) is 0 Å². The lowest BCUT2D eigenvalue weighted by Crippen LogP contribution is -2.31. The van der Waals surface area contributed by atoms with Crippen molar-refractivity contribution in [2.24, 2.45) is 0 Å². The lowest BCUT2D eigenvalue weighted by atomic mass is 10.00. The molecule has 1 aliphatic carbocycles. The highest BCUT2D eigenvalue weighted by atomic mass is 79.9. The number of rotatable bonds is 2. The molecule has 20 heavy (non-hydrogen) atoms. The van der Waals surface area contributed by atoms with Crippen molar-refractivity contribution in [2.45, 2.75) is 31.7 Å². The first-order valence-electron chi connectivity index (χ1n) is 7.15. The van der Waals surface area contributed by atoms with Crippen molar-refractivity contribution in [3.05, 3.63) is 51.9 Å². The lowest BCUT2D eigenvalue weighted by molar-refractivity contribution is 0.711. The highest BCUT2D eigenvalue weighted by molar-refractivity contribution is 9.10. The van der Waals surface area contributed by atoms with Crippen LogP contribution in [0.15, 0.2) is 34.9 Å². The van der Waals surface area contributed by atoms with Crippen molar-refractivity contribution >= 4 is 21.7 Å². The molecular weight excluding hydrogens is 314 g/mol. The monoisotopic (exact) mass is 329 g/mol. The number of anilines is 1. The van der Waals surface area contributed by atoms with Crippen molar-refractivity contribution < 1.29 is 0 Å². The predicted molar refractivity (Wildman–Crippen MR) is 82.9 cm³/mol. The van der Waals surface area contributed by atoms with Crippen LogP contribution in [0.3, 0.4) is 0 Å². The molecule has 102 valence electrons. The second kappa shape index (κ2) is 4.85. The second-order valence-corrected chi connectivity index (χ2v) is 6.45. The Morgan fingerprint density at radius 2 is 2.10 bits per heavy atom. The third-order valence-electron chi connectivity index (χ3n) is 4.14. The normalized spacial score (nSPS) is 17.9. The van der Waals surface area contributed by atoms with E-state index >= 15 is 0 Å². The molecule has 1 saturated carbocycles. The summed E-state index contributed by atoms with van der Waals surface area (Å²) < 4.78 is 1.20. The maximum absolute atomic E-state index is 4.76. The Morgan fingerprint density at radius 1 is 1.20 bits per heavy atom. The molecule has 0 amide bonds. The van der Waals surface area contributed by atoms with Crippen molar-refractivity contribution in [2.75, 3.05) is 11.4 Å². The summed E-state index contributed by atoms with van der Waals surface area (Å²) in [6.07, 6.45) is 5.48. The first-order valence-corrected chi connectivity index (χ1v) is 7.95. The van der Waals surface area contributed by atoms with Crippen molar-refractivity contribution in [1.82, 2.24) is 9.97 Å². The van der Waals surface area contributed by atoms with Gasteiger partial charge in [0.15, 0.2) is 0 Å². The van der Waals surface area contributed by atoms with Crippen LogP contribution >= 0.6 is 15.9 Å². The van der Waals surface area contributed by atoms with Crippen LogP contribution in [0.5, 0.6) is 0 Å². The number of hydrogen-bond donors (Lipinski definition) is 0. The molecule has 2 aliphatic rings. The van der Waals surface area contributed by atoms with Crippen LogP contribution in [0.1, 0.15) is 35.7 Å². The van der Waals surface area contributed by atoms with Gasteiger partial charge in [-0.25, -0.2) is 9.97 Å². The number of hydrogen-bond acceptors (Lipinski definition) is 3. The molecule has 0 spiro atoms. The highest BCUT2D eigenvalue weighted by Crippen LogP contribution is 2.38. The summed E-state index contributed by atoms with van der Waals surface area (Å²) in [4.78, 5) is 11.5. The molecule has 0 N–H and O–H groups in total. The van der Waals surface area contributed by atoms with Crippen LogP contribution in [0.25, 0.3) is 0 Å². The van der Waals surface area contributed by atoms with E-state index in [1.807, 2.05) is 12.3 Å². The third kappa shape index (κ3) is 2.22. The van der Waals surface area contributed by atoms with Gasteiger partial charge in [0, 0.05) is 29.7 Å². The van der Waals surface area contributed by atoms with Crippen LogP contribution in [-0.2, 0) is 13.0 Å². The lowest BCUT2D eigenvalue weighted by Gasteiger charge is -2.30. The molecule has 2 heterocycles. The summed E-state index contributed by atoms with van der Waals surface area (Å²) in [7, 11) is 0. The van der Waals surface area contributed by atoms with Crippen molar-refractivity contribution in [1.29, 1.82) is 0 Å². The van der Waals surface area contributed by atoms with Gasteiger partial charge in [0.2, 0.25) is 0 Å². The SMILES string of the molecule is Brc1cccc2c1CN(c1ccnc(C3CC3)n1)CC2. The van der Waals surface area contributed by atoms with Crippen molar-refractivity contribution in [3.8, 4) is 0 Å². The fourth-order valence-corrected chi connectivity index (χ4v) is 3.35.